The second-order valence-electron chi connectivity index (χ2n) is 7.67. The third kappa shape index (κ3) is 2.40. The number of carbonyl (C=O) groups excluding carboxylic acids is 1. The van der Waals surface area contributed by atoms with Crippen LogP contribution in [0.25, 0.3) is 10.9 Å². The lowest BCUT2D eigenvalue weighted by atomic mass is 9.99. The molecule has 2 fully saturated rings. The van der Waals surface area contributed by atoms with E-state index in [1.807, 2.05) is 11.0 Å². The topological polar surface area (TPSA) is 28.5 Å². The number of carbonyl (C=O) groups is 1. The van der Waals surface area contributed by atoms with Gasteiger partial charge in [0.05, 0.1) is 5.56 Å². The molecule has 3 aliphatic heterocycles. The highest BCUT2D eigenvalue weighted by atomic mass is 19.1. The zero-order chi connectivity index (χ0) is 17.0. The second-order valence-corrected chi connectivity index (χ2v) is 7.67. The number of hydrogen-bond donors (Lipinski definition) is 0. The van der Waals surface area contributed by atoms with Gasteiger partial charge in [-0.2, -0.15) is 0 Å². The van der Waals surface area contributed by atoms with Crippen molar-refractivity contribution in [1.82, 2.24) is 14.4 Å². The van der Waals surface area contributed by atoms with Crippen molar-refractivity contribution in [3.05, 3.63) is 35.5 Å². The lowest BCUT2D eigenvalue weighted by molar-refractivity contribution is 0.0114. The van der Waals surface area contributed by atoms with Crippen molar-refractivity contribution >= 4 is 16.8 Å². The van der Waals surface area contributed by atoms with E-state index in [2.05, 4.69) is 27.7 Å². The summed E-state index contributed by atoms with van der Waals surface area (Å²) in [6, 6.07) is 8.70. The predicted octanol–water partition coefficient (Wildman–Crippen LogP) is 2.85. The highest BCUT2D eigenvalue weighted by Gasteiger charge is 2.38. The molecule has 1 amide bonds. The Kier molecular flexibility index (Phi) is 3.59. The number of aryl methyl sites for hydroxylation is 1. The van der Waals surface area contributed by atoms with Gasteiger partial charge >= 0.3 is 0 Å². The van der Waals surface area contributed by atoms with E-state index < -0.39 is 6.17 Å². The lowest BCUT2D eigenvalue weighted by Crippen LogP contribution is -2.62. The minimum Gasteiger partial charge on any atom is -0.344 e. The first-order valence-electron chi connectivity index (χ1n) is 9.50. The van der Waals surface area contributed by atoms with Gasteiger partial charge in [-0.05, 0) is 31.7 Å². The van der Waals surface area contributed by atoms with Crippen LogP contribution in [0.4, 0.5) is 4.39 Å². The Hall–Kier alpha value is -1.88. The van der Waals surface area contributed by atoms with Gasteiger partial charge in [0.25, 0.3) is 5.91 Å². The molecule has 3 aliphatic rings. The Morgan fingerprint density at radius 2 is 1.84 bits per heavy atom. The number of piperidine rings is 1. The summed E-state index contributed by atoms with van der Waals surface area (Å²) in [7, 11) is 0. The Balaban J connectivity index is 1.36. The molecule has 0 spiro atoms. The van der Waals surface area contributed by atoms with Gasteiger partial charge in [-0.15, -0.1) is 0 Å². The van der Waals surface area contributed by atoms with E-state index in [1.165, 1.54) is 11.2 Å². The Morgan fingerprint density at radius 1 is 1.08 bits per heavy atom. The standard InChI is InChI=1S/C20H24FN3O/c21-14-7-10-22(11-8-14)15-12-23(13-15)20(25)19-16-4-1-2-5-17(16)24-9-3-6-18(19)24/h1-2,4-5,14-15H,3,6-13H2. The third-order valence-corrected chi connectivity index (χ3v) is 6.21. The normalized spacial score (nSPS) is 22.4. The van der Waals surface area contributed by atoms with Gasteiger partial charge in [-0.1, -0.05) is 18.2 Å². The maximum Gasteiger partial charge on any atom is 0.256 e. The first-order valence-corrected chi connectivity index (χ1v) is 9.50. The molecule has 0 saturated carbocycles. The summed E-state index contributed by atoms with van der Waals surface area (Å²) in [5.41, 5.74) is 3.34. The minimum absolute atomic E-state index is 0.184. The van der Waals surface area contributed by atoms with Crippen molar-refractivity contribution in [2.75, 3.05) is 26.2 Å². The number of benzene rings is 1. The van der Waals surface area contributed by atoms with Crippen LogP contribution in [0.2, 0.25) is 0 Å². The van der Waals surface area contributed by atoms with Gasteiger partial charge in [0.15, 0.2) is 0 Å². The van der Waals surface area contributed by atoms with Crippen molar-refractivity contribution < 1.29 is 9.18 Å². The zero-order valence-corrected chi connectivity index (χ0v) is 14.5. The fraction of sp³-hybridized carbons (Fsp3) is 0.550. The van der Waals surface area contributed by atoms with Crippen LogP contribution < -0.4 is 0 Å². The maximum absolute atomic E-state index is 13.3. The van der Waals surface area contributed by atoms with Crippen LogP contribution in [0.5, 0.6) is 0 Å². The molecular weight excluding hydrogens is 317 g/mol. The second kappa shape index (κ2) is 5.84. The molecule has 132 valence electrons. The molecule has 0 atom stereocenters. The zero-order valence-electron chi connectivity index (χ0n) is 14.5. The van der Waals surface area contributed by atoms with Crippen LogP contribution in [-0.2, 0) is 13.0 Å². The fourth-order valence-corrected chi connectivity index (χ4v) is 4.76. The Bertz CT molecular complexity index is 816. The number of nitrogens with zero attached hydrogens (tertiary/aromatic N) is 3. The summed E-state index contributed by atoms with van der Waals surface area (Å²) in [5.74, 6) is 0.184. The summed E-state index contributed by atoms with van der Waals surface area (Å²) >= 11 is 0. The van der Waals surface area contributed by atoms with Crippen LogP contribution in [0, 0.1) is 0 Å². The number of aromatic nitrogens is 1. The first kappa shape index (κ1) is 15.4. The number of likely N-dealkylation sites (tertiary alicyclic amines) is 2. The smallest absolute Gasteiger partial charge is 0.256 e. The van der Waals surface area contributed by atoms with Gasteiger partial charge in [-0.25, -0.2) is 4.39 Å². The van der Waals surface area contributed by atoms with Gasteiger partial charge in [0.2, 0.25) is 0 Å². The average Bonchev–Trinajstić information content (AvgIpc) is 3.15. The number of fused-ring (bicyclic) bond motifs is 3. The van der Waals surface area contributed by atoms with Crippen molar-refractivity contribution in [2.45, 2.75) is 44.4 Å². The molecule has 0 bridgehead atoms. The highest BCUT2D eigenvalue weighted by molar-refractivity contribution is 6.09. The molecule has 0 radical (unpaired) electrons. The van der Waals surface area contributed by atoms with Gasteiger partial charge in [0.1, 0.15) is 6.17 Å². The molecule has 1 aromatic carbocycles. The summed E-state index contributed by atoms with van der Waals surface area (Å²) in [4.78, 5) is 17.5. The Labute approximate surface area is 147 Å². The number of rotatable bonds is 2. The number of hydrogen-bond acceptors (Lipinski definition) is 2. The van der Waals surface area contributed by atoms with Crippen LogP contribution in [-0.4, -0.2) is 58.7 Å². The number of para-hydroxylation sites is 1. The molecule has 2 aromatic rings. The van der Waals surface area contributed by atoms with Crippen LogP contribution in [0.3, 0.4) is 0 Å². The fourth-order valence-electron chi connectivity index (χ4n) is 4.76. The first-order chi connectivity index (χ1) is 12.2. The number of alkyl halides is 1. The van der Waals surface area contributed by atoms with Gasteiger partial charge in [-0.3, -0.25) is 9.69 Å². The molecule has 25 heavy (non-hydrogen) atoms. The molecule has 4 heterocycles. The number of halogens is 1. The van der Waals surface area contributed by atoms with Crippen molar-refractivity contribution in [1.29, 1.82) is 0 Å². The molecule has 4 nitrogen and oxygen atoms in total. The molecule has 5 heteroatoms. The molecular formula is C20H24FN3O. The lowest BCUT2D eigenvalue weighted by Gasteiger charge is -2.47. The van der Waals surface area contributed by atoms with E-state index in [0.29, 0.717) is 18.9 Å². The quantitative estimate of drug-likeness (QED) is 0.840. The molecule has 1 aromatic heterocycles. The van der Waals surface area contributed by atoms with E-state index in [9.17, 15) is 9.18 Å². The van der Waals surface area contributed by atoms with Crippen LogP contribution >= 0.6 is 0 Å². The minimum atomic E-state index is -0.635. The summed E-state index contributed by atoms with van der Waals surface area (Å²) in [6.45, 7) is 4.25. The monoisotopic (exact) mass is 341 g/mol. The van der Waals surface area contributed by atoms with E-state index in [4.69, 9.17) is 0 Å². The number of amides is 1. The molecule has 5 rings (SSSR count). The van der Waals surface area contributed by atoms with E-state index in [-0.39, 0.29) is 5.91 Å². The van der Waals surface area contributed by atoms with Crippen molar-refractivity contribution in [2.24, 2.45) is 0 Å². The van der Waals surface area contributed by atoms with Gasteiger partial charge < -0.3 is 9.47 Å². The average molecular weight is 341 g/mol. The van der Waals surface area contributed by atoms with Crippen LogP contribution in [0.15, 0.2) is 24.3 Å². The maximum atomic E-state index is 13.3. The molecule has 0 N–H and O–H groups in total. The highest BCUT2D eigenvalue weighted by Crippen LogP contribution is 2.33. The van der Waals surface area contributed by atoms with Crippen molar-refractivity contribution in [3.63, 3.8) is 0 Å². The Morgan fingerprint density at radius 3 is 2.64 bits per heavy atom. The summed E-state index contributed by atoms with van der Waals surface area (Å²) in [5, 5.41) is 1.10. The molecule has 2 saturated heterocycles. The van der Waals surface area contributed by atoms with Gasteiger partial charge in [0, 0.05) is 55.4 Å². The van der Waals surface area contributed by atoms with E-state index >= 15 is 0 Å². The largest absolute Gasteiger partial charge is 0.344 e. The van der Waals surface area contributed by atoms with E-state index in [1.54, 1.807) is 0 Å². The van der Waals surface area contributed by atoms with E-state index in [0.717, 1.165) is 56.5 Å². The molecule has 0 aliphatic carbocycles. The summed E-state index contributed by atoms with van der Waals surface area (Å²) < 4.78 is 15.6. The van der Waals surface area contributed by atoms with Crippen molar-refractivity contribution in [3.8, 4) is 0 Å². The van der Waals surface area contributed by atoms with Crippen LogP contribution in [0.1, 0.15) is 35.3 Å². The third-order valence-electron chi connectivity index (χ3n) is 6.21. The SMILES string of the molecule is O=C(c1c2n(c3ccccc13)CCC2)N1CC(N2CCC(F)CC2)C1. The summed E-state index contributed by atoms with van der Waals surface area (Å²) in [6.07, 6.45) is 2.77. The predicted molar refractivity (Wildman–Crippen MR) is 95.7 cm³/mol. The molecule has 0 unspecified atom stereocenters.